The van der Waals surface area contributed by atoms with Gasteiger partial charge in [-0.25, -0.2) is 0 Å². The van der Waals surface area contributed by atoms with E-state index in [2.05, 4.69) is 0 Å². The summed E-state index contributed by atoms with van der Waals surface area (Å²) in [6.45, 7) is -0.278. The van der Waals surface area contributed by atoms with Crippen LogP contribution in [0.2, 0.25) is 0 Å². The zero-order valence-corrected chi connectivity index (χ0v) is 4.31. The van der Waals surface area contributed by atoms with Crippen molar-refractivity contribution < 1.29 is 5.11 Å². The van der Waals surface area contributed by atoms with E-state index in [1.54, 1.807) is 6.07 Å². The van der Waals surface area contributed by atoms with Gasteiger partial charge in [0.05, 0.1) is 18.2 Å². The van der Waals surface area contributed by atoms with Crippen molar-refractivity contribution in [3.05, 3.63) is 11.1 Å². The maximum Gasteiger partial charge on any atom is 0.0980 e. The van der Waals surface area contributed by atoms with Gasteiger partial charge in [0.1, 0.15) is 0 Å². The lowest BCUT2D eigenvalue weighted by molar-refractivity contribution is 0.336. The van der Waals surface area contributed by atoms with E-state index in [-0.39, 0.29) is 12.2 Å². The van der Waals surface area contributed by atoms with Gasteiger partial charge in [-0.3, -0.25) is 0 Å². The Morgan fingerprint density at radius 3 is 2.57 bits per heavy atom. The molecular formula is C4H4ClNO. The first-order chi connectivity index (χ1) is 3.35. The smallest absolute Gasteiger partial charge is 0.0980 e. The Bertz CT molecular complexity index is 113. The lowest BCUT2D eigenvalue weighted by atomic mass is 10.4. The van der Waals surface area contributed by atoms with E-state index in [0.717, 1.165) is 5.54 Å². The zero-order chi connectivity index (χ0) is 5.70. The molecule has 1 N–H and O–H groups in total. The Morgan fingerprint density at radius 2 is 2.57 bits per heavy atom. The third kappa shape index (κ3) is 2.21. The molecule has 0 unspecified atom stereocenters. The first-order valence-corrected chi connectivity index (χ1v) is 2.09. The van der Waals surface area contributed by atoms with Crippen molar-refractivity contribution in [3.8, 4) is 6.07 Å². The van der Waals surface area contributed by atoms with Crippen molar-refractivity contribution in [2.24, 2.45) is 0 Å². The van der Waals surface area contributed by atoms with E-state index < -0.39 is 0 Å². The average Bonchev–Trinajstić information content (AvgIpc) is 1.72. The molecular weight excluding hydrogens is 114 g/mol. The van der Waals surface area contributed by atoms with Crippen molar-refractivity contribution in [3.63, 3.8) is 0 Å². The summed E-state index contributed by atoms with van der Waals surface area (Å²) in [6.07, 6.45) is 0. The number of nitrogens with zero attached hydrogens (tertiary/aromatic N) is 1. The summed E-state index contributed by atoms with van der Waals surface area (Å²) in [5.41, 5.74) is 1.24. The highest BCUT2D eigenvalue weighted by molar-refractivity contribution is 6.25. The van der Waals surface area contributed by atoms with Crippen molar-refractivity contribution >= 4 is 11.6 Å². The fourth-order valence-electron chi connectivity index (χ4n) is 0.0943. The molecule has 0 amide bonds. The predicted molar refractivity (Wildman–Crippen MR) is 26.6 cm³/mol. The van der Waals surface area contributed by atoms with Crippen LogP contribution < -0.4 is 0 Å². The summed E-state index contributed by atoms with van der Waals surface area (Å²) in [4.78, 5) is 0. The van der Waals surface area contributed by atoms with Crippen LogP contribution >= 0.6 is 11.6 Å². The second-order valence-corrected chi connectivity index (χ2v) is 1.12. The molecule has 0 radical (unpaired) electrons. The molecule has 0 bridgehead atoms. The van der Waals surface area contributed by atoms with Crippen LogP contribution in [-0.2, 0) is 0 Å². The molecule has 3 heteroatoms. The van der Waals surface area contributed by atoms with Gasteiger partial charge in [-0.1, -0.05) is 11.6 Å². The zero-order valence-electron chi connectivity index (χ0n) is 3.56. The molecule has 0 fully saturated rings. The third-order valence-electron chi connectivity index (χ3n) is 0.446. The molecule has 2 nitrogen and oxygen atoms in total. The molecule has 0 aromatic heterocycles. The first-order valence-electron chi connectivity index (χ1n) is 1.65. The van der Waals surface area contributed by atoms with E-state index in [4.69, 9.17) is 22.0 Å². The summed E-state index contributed by atoms with van der Waals surface area (Å²) in [5, 5.41) is 16.1. The molecule has 38 valence electrons. The largest absolute Gasteiger partial charge is 0.391 e. The number of hydrogen-bond acceptors (Lipinski definition) is 2. The van der Waals surface area contributed by atoms with Crippen LogP contribution in [0.1, 0.15) is 0 Å². The van der Waals surface area contributed by atoms with Gasteiger partial charge in [0.25, 0.3) is 0 Å². The minimum atomic E-state index is -0.278. The second-order valence-electron chi connectivity index (χ2n) is 0.904. The van der Waals surface area contributed by atoms with Crippen molar-refractivity contribution in [2.45, 2.75) is 0 Å². The molecule has 0 saturated heterocycles. The summed E-state index contributed by atoms with van der Waals surface area (Å²) in [6, 6.07) is 1.68. The molecule has 0 aliphatic rings. The summed E-state index contributed by atoms with van der Waals surface area (Å²) >= 11 is 5.02. The Balaban J connectivity index is 3.68. The van der Waals surface area contributed by atoms with Crippen LogP contribution in [0.4, 0.5) is 0 Å². The summed E-state index contributed by atoms with van der Waals surface area (Å²) < 4.78 is 0. The number of halogens is 1. The Kier molecular flexibility index (Phi) is 3.39. The fourth-order valence-corrected chi connectivity index (χ4v) is 0.212. The number of rotatable bonds is 1. The number of aliphatic hydroxyl groups is 1. The van der Waals surface area contributed by atoms with E-state index >= 15 is 0 Å². The monoisotopic (exact) mass is 117 g/mol. The molecule has 0 aliphatic heterocycles. The molecule has 0 heterocycles. The van der Waals surface area contributed by atoms with Gasteiger partial charge in [0, 0.05) is 5.54 Å². The number of nitriles is 1. The van der Waals surface area contributed by atoms with Gasteiger partial charge < -0.3 is 5.11 Å². The van der Waals surface area contributed by atoms with Crippen molar-refractivity contribution in [1.82, 2.24) is 0 Å². The SMILES string of the molecule is N#CC(=CCl)CO. The van der Waals surface area contributed by atoms with Crippen LogP contribution in [0.3, 0.4) is 0 Å². The topological polar surface area (TPSA) is 44.0 Å². The average molecular weight is 118 g/mol. The van der Waals surface area contributed by atoms with Crippen LogP contribution in [0.5, 0.6) is 0 Å². The number of aliphatic hydroxyl groups excluding tert-OH is 1. The molecule has 0 spiro atoms. The van der Waals surface area contributed by atoms with Crippen LogP contribution in [0.15, 0.2) is 11.1 Å². The Hall–Kier alpha value is -0.520. The van der Waals surface area contributed by atoms with E-state index in [0.29, 0.717) is 0 Å². The normalized spacial score (nSPS) is 10.7. The highest BCUT2D eigenvalue weighted by Crippen LogP contribution is 1.90. The van der Waals surface area contributed by atoms with Gasteiger partial charge in [0.15, 0.2) is 0 Å². The molecule has 0 aromatic rings. The third-order valence-corrected chi connectivity index (χ3v) is 0.709. The Labute approximate surface area is 46.6 Å². The highest BCUT2D eigenvalue weighted by Gasteiger charge is 1.84. The van der Waals surface area contributed by atoms with Gasteiger partial charge in [0.2, 0.25) is 0 Å². The Morgan fingerprint density at radius 1 is 2.00 bits per heavy atom. The number of hydrogen-bond donors (Lipinski definition) is 1. The second kappa shape index (κ2) is 3.66. The minimum Gasteiger partial charge on any atom is -0.391 e. The quantitative estimate of drug-likeness (QED) is 0.512. The maximum absolute atomic E-state index is 8.15. The lowest BCUT2D eigenvalue weighted by Gasteiger charge is -1.79. The summed E-state index contributed by atoms with van der Waals surface area (Å²) in [5.74, 6) is 0. The van der Waals surface area contributed by atoms with Crippen molar-refractivity contribution in [1.29, 1.82) is 5.26 Å². The molecule has 0 atom stereocenters. The van der Waals surface area contributed by atoms with Gasteiger partial charge in [-0.05, 0) is 0 Å². The van der Waals surface area contributed by atoms with Gasteiger partial charge in [-0.2, -0.15) is 5.26 Å². The van der Waals surface area contributed by atoms with Gasteiger partial charge >= 0.3 is 0 Å². The highest BCUT2D eigenvalue weighted by atomic mass is 35.5. The lowest BCUT2D eigenvalue weighted by Crippen LogP contribution is -1.82. The molecule has 7 heavy (non-hydrogen) atoms. The fraction of sp³-hybridized carbons (Fsp3) is 0.250. The van der Waals surface area contributed by atoms with Gasteiger partial charge in [-0.15, -0.1) is 0 Å². The first kappa shape index (κ1) is 6.48. The minimum absolute atomic E-state index is 0.182. The molecule has 0 aromatic carbocycles. The van der Waals surface area contributed by atoms with E-state index in [1.165, 1.54) is 0 Å². The van der Waals surface area contributed by atoms with E-state index in [1.807, 2.05) is 0 Å². The van der Waals surface area contributed by atoms with Crippen molar-refractivity contribution in [2.75, 3.05) is 6.61 Å². The molecule has 0 aliphatic carbocycles. The van der Waals surface area contributed by atoms with Crippen LogP contribution in [0.25, 0.3) is 0 Å². The van der Waals surface area contributed by atoms with Crippen LogP contribution in [-0.4, -0.2) is 11.7 Å². The predicted octanol–water partition coefficient (Wildman–Crippen LogP) is 0.625. The summed E-state index contributed by atoms with van der Waals surface area (Å²) in [7, 11) is 0. The van der Waals surface area contributed by atoms with E-state index in [9.17, 15) is 0 Å². The molecule has 0 rings (SSSR count). The van der Waals surface area contributed by atoms with Crippen LogP contribution in [0, 0.1) is 11.3 Å². The molecule has 0 saturated carbocycles. The standard InChI is InChI=1S/C4H4ClNO/c5-1-4(2-6)3-7/h1,7H,3H2. The maximum atomic E-state index is 8.15.